The first-order chi connectivity index (χ1) is 13.7. The third kappa shape index (κ3) is 3.25. The number of aryl methyl sites for hydroxylation is 1. The van der Waals surface area contributed by atoms with E-state index < -0.39 is 0 Å². The van der Waals surface area contributed by atoms with E-state index in [0.29, 0.717) is 18.0 Å². The van der Waals surface area contributed by atoms with Crippen LogP contribution in [-0.2, 0) is 13.0 Å². The number of piperidine rings is 3. The smallest absolute Gasteiger partial charge is 0.128 e. The van der Waals surface area contributed by atoms with E-state index in [1.165, 1.54) is 37.1 Å². The van der Waals surface area contributed by atoms with Crippen molar-refractivity contribution in [3.05, 3.63) is 59.4 Å². The summed E-state index contributed by atoms with van der Waals surface area (Å²) in [5, 5.41) is 0. The largest absolute Gasteiger partial charge is 0.298 e. The van der Waals surface area contributed by atoms with Crippen LogP contribution in [0.2, 0.25) is 0 Å². The van der Waals surface area contributed by atoms with E-state index in [1.54, 1.807) is 12.1 Å². The number of aromatic nitrogens is 2. The molecular formula is C23H29FN4. The van der Waals surface area contributed by atoms with Gasteiger partial charge in [-0.3, -0.25) is 9.80 Å². The number of fused-ring (bicyclic) bond motifs is 2. The number of nitrogens with zero attached hydrogens (tertiary/aromatic N) is 4. The Bertz CT molecular complexity index is 798. The van der Waals surface area contributed by atoms with Gasteiger partial charge in [0.15, 0.2) is 0 Å². The fourth-order valence-corrected chi connectivity index (χ4v) is 5.78. The number of halogens is 1. The topological polar surface area (TPSA) is 32.3 Å². The second-order valence-corrected chi connectivity index (χ2v) is 8.70. The summed E-state index contributed by atoms with van der Waals surface area (Å²) >= 11 is 0. The van der Waals surface area contributed by atoms with E-state index in [1.807, 2.05) is 24.5 Å². The Morgan fingerprint density at radius 3 is 2.43 bits per heavy atom. The summed E-state index contributed by atoms with van der Waals surface area (Å²) in [6, 6.07) is 8.36. The molecule has 0 unspecified atom stereocenters. The molecular weight excluding hydrogens is 351 g/mol. The highest BCUT2D eigenvalue weighted by Gasteiger charge is 2.53. The molecule has 0 saturated carbocycles. The van der Waals surface area contributed by atoms with Gasteiger partial charge in [0.05, 0.1) is 0 Å². The predicted octanol–water partition coefficient (Wildman–Crippen LogP) is 3.63. The lowest BCUT2D eigenvalue weighted by Gasteiger charge is -2.51. The van der Waals surface area contributed by atoms with Gasteiger partial charge in [-0.1, -0.05) is 19.1 Å². The minimum absolute atomic E-state index is 0.148. The number of benzene rings is 1. The van der Waals surface area contributed by atoms with Crippen molar-refractivity contribution in [2.24, 2.45) is 5.92 Å². The maximum atomic E-state index is 13.5. The Morgan fingerprint density at radius 2 is 1.75 bits per heavy atom. The molecule has 2 aromatic rings. The molecule has 1 aromatic carbocycles. The predicted molar refractivity (Wildman–Crippen MR) is 107 cm³/mol. The highest BCUT2D eigenvalue weighted by Crippen LogP contribution is 2.46. The third-order valence-corrected chi connectivity index (χ3v) is 7.01. The highest BCUT2D eigenvalue weighted by atomic mass is 19.1. The lowest BCUT2D eigenvalue weighted by molar-refractivity contribution is -0.00874. The molecule has 1 aromatic heterocycles. The fourth-order valence-electron chi connectivity index (χ4n) is 5.78. The summed E-state index contributed by atoms with van der Waals surface area (Å²) in [4.78, 5) is 14.5. The van der Waals surface area contributed by atoms with E-state index >= 15 is 0 Å². The van der Waals surface area contributed by atoms with Crippen LogP contribution in [0.25, 0.3) is 0 Å². The molecule has 0 radical (unpaired) electrons. The summed E-state index contributed by atoms with van der Waals surface area (Å²) in [5.41, 5.74) is 2.48. The molecule has 0 spiro atoms. The Morgan fingerprint density at radius 1 is 1.04 bits per heavy atom. The summed E-state index contributed by atoms with van der Waals surface area (Å²) in [7, 11) is 0. The van der Waals surface area contributed by atoms with Crippen LogP contribution in [0.3, 0.4) is 0 Å². The summed E-state index contributed by atoms with van der Waals surface area (Å²) in [5.74, 6) is 2.03. The number of hydrogen-bond acceptors (Lipinski definition) is 4. The van der Waals surface area contributed by atoms with Gasteiger partial charge in [0.25, 0.3) is 0 Å². The molecule has 0 N–H and O–H groups in total. The van der Waals surface area contributed by atoms with Crippen LogP contribution < -0.4 is 0 Å². The average Bonchev–Trinajstić information content (AvgIpc) is 3.13. The molecule has 4 aliphatic heterocycles. The van der Waals surface area contributed by atoms with Crippen LogP contribution in [0, 0.1) is 11.7 Å². The van der Waals surface area contributed by atoms with Crippen LogP contribution in [0.1, 0.15) is 49.1 Å². The Kier molecular flexibility index (Phi) is 4.89. The monoisotopic (exact) mass is 380 g/mol. The molecule has 28 heavy (non-hydrogen) atoms. The first-order valence-electron chi connectivity index (χ1n) is 10.8. The molecule has 0 aliphatic carbocycles. The zero-order valence-corrected chi connectivity index (χ0v) is 16.6. The Labute approximate surface area is 166 Å². The van der Waals surface area contributed by atoms with Crippen molar-refractivity contribution in [3.63, 3.8) is 0 Å². The van der Waals surface area contributed by atoms with Crippen molar-refractivity contribution in [1.29, 1.82) is 0 Å². The first kappa shape index (κ1) is 18.2. The zero-order valence-electron chi connectivity index (χ0n) is 16.6. The van der Waals surface area contributed by atoms with E-state index in [9.17, 15) is 4.39 Å². The number of likely N-dealkylation sites (tertiary alicyclic amines) is 1. The number of hydrogen-bond donors (Lipinski definition) is 0. The standard InChI is InChI=1S/C23H29FN4/c1-2-3-21-25-12-16(13-26-21)14-28-15-20(17-4-6-19(24)7-5-17)23-22(28)18-8-10-27(23)11-9-18/h4-7,12-13,18,20,22-23H,2-3,8-11,14-15H2,1H3/t20-,22-,23-/m1/s1. The highest BCUT2D eigenvalue weighted by molar-refractivity contribution is 5.28. The molecule has 3 atom stereocenters. The van der Waals surface area contributed by atoms with Crippen LogP contribution in [-0.4, -0.2) is 51.5 Å². The molecule has 5 heteroatoms. The van der Waals surface area contributed by atoms with Crippen molar-refractivity contribution in [2.75, 3.05) is 19.6 Å². The van der Waals surface area contributed by atoms with Crippen LogP contribution in [0.5, 0.6) is 0 Å². The van der Waals surface area contributed by atoms with Gasteiger partial charge in [-0.05, 0) is 56.0 Å². The van der Waals surface area contributed by atoms with Gasteiger partial charge in [-0.2, -0.15) is 0 Å². The zero-order chi connectivity index (χ0) is 19.1. The summed E-state index contributed by atoms with van der Waals surface area (Å²) in [6.07, 6.45) is 8.66. The molecule has 4 fully saturated rings. The second-order valence-electron chi connectivity index (χ2n) is 8.70. The minimum atomic E-state index is -0.148. The summed E-state index contributed by atoms with van der Waals surface area (Å²) < 4.78 is 13.5. The maximum Gasteiger partial charge on any atom is 0.128 e. The van der Waals surface area contributed by atoms with Crippen LogP contribution in [0.4, 0.5) is 4.39 Å². The molecule has 6 rings (SSSR count). The van der Waals surface area contributed by atoms with Gasteiger partial charge in [-0.15, -0.1) is 0 Å². The van der Waals surface area contributed by atoms with Crippen LogP contribution >= 0.6 is 0 Å². The van der Waals surface area contributed by atoms with Gasteiger partial charge in [0, 0.05) is 55.5 Å². The molecule has 2 bridgehead atoms. The molecule has 4 aliphatic rings. The third-order valence-electron chi connectivity index (χ3n) is 7.01. The maximum absolute atomic E-state index is 13.5. The molecule has 148 valence electrons. The quantitative estimate of drug-likeness (QED) is 0.793. The van der Waals surface area contributed by atoms with Gasteiger partial charge < -0.3 is 0 Å². The van der Waals surface area contributed by atoms with Crippen molar-refractivity contribution in [1.82, 2.24) is 19.8 Å². The molecule has 5 heterocycles. The lowest BCUT2D eigenvalue weighted by atomic mass is 9.75. The first-order valence-corrected chi connectivity index (χ1v) is 10.8. The second kappa shape index (κ2) is 7.53. The molecule has 4 saturated heterocycles. The van der Waals surface area contributed by atoms with E-state index in [2.05, 4.69) is 26.7 Å². The van der Waals surface area contributed by atoms with Gasteiger partial charge in [0.1, 0.15) is 11.6 Å². The Balaban J connectivity index is 1.41. The van der Waals surface area contributed by atoms with E-state index in [4.69, 9.17) is 0 Å². The van der Waals surface area contributed by atoms with Crippen molar-refractivity contribution >= 4 is 0 Å². The fraction of sp³-hybridized carbons (Fsp3) is 0.565. The van der Waals surface area contributed by atoms with E-state index in [0.717, 1.165) is 37.7 Å². The summed E-state index contributed by atoms with van der Waals surface area (Å²) in [6.45, 7) is 6.53. The molecule has 4 nitrogen and oxygen atoms in total. The van der Waals surface area contributed by atoms with E-state index in [-0.39, 0.29) is 5.82 Å². The minimum Gasteiger partial charge on any atom is -0.298 e. The Hall–Kier alpha value is -1.85. The number of rotatable bonds is 5. The lowest BCUT2D eigenvalue weighted by Crippen LogP contribution is -2.59. The van der Waals surface area contributed by atoms with Gasteiger partial charge >= 0.3 is 0 Å². The van der Waals surface area contributed by atoms with Crippen molar-refractivity contribution in [2.45, 2.75) is 57.2 Å². The van der Waals surface area contributed by atoms with Crippen molar-refractivity contribution in [3.8, 4) is 0 Å². The normalized spacial score (nSPS) is 31.9. The van der Waals surface area contributed by atoms with Crippen LogP contribution in [0.15, 0.2) is 36.7 Å². The average molecular weight is 381 g/mol. The van der Waals surface area contributed by atoms with Gasteiger partial charge in [-0.25, -0.2) is 14.4 Å². The molecule has 0 amide bonds. The SMILES string of the molecule is CCCc1ncc(CN2C[C@H](c3ccc(F)cc3)[C@@H]3[C@H]2C2CCN3CC2)cn1. The van der Waals surface area contributed by atoms with Crippen molar-refractivity contribution < 1.29 is 4.39 Å². The van der Waals surface area contributed by atoms with Gasteiger partial charge in [0.2, 0.25) is 0 Å².